The predicted octanol–water partition coefficient (Wildman–Crippen LogP) is 4.67. The molecule has 0 aromatic carbocycles. The molecular weight excluding hydrogens is 432 g/mol. The zero-order chi connectivity index (χ0) is 23.9. The summed E-state index contributed by atoms with van der Waals surface area (Å²) < 4.78 is 56.3. The average molecular weight is 471 g/mol. The summed E-state index contributed by atoms with van der Waals surface area (Å²) in [5.74, 6) is -1.94. The first-order valence-corrected chi connectivity index (χ1v) is 12.1. The van der Waals surface area contributed by atoms with Gasteiger partial charge in [-0.3, -0.25) is 9.46 Å². The molecule has 0 aliphatic rings. The van der Waals surface area contributed by atoms with Crippen molar-refractivity contribution in [2.45, 2.75) is 64.9 Å². The lowest BCUT2D eigenvalue weighted by molar-refractivity contribution is -0.173. The van der Waals surface area contributed by atoms with Crippen LogP contribution in [0.5, 0.6) is 0 Å². The van der Waals surface area contributed by atoms with Crippen molar-refractivity contribution in [1.82, 2.24) is 9.99 Å². The molecule has 0 rings (SSSR count). The smallest absolute Gasteiger partial charge is 0.379 e. The van der Waals surface area contributed by atoms with Crippen molar-refractivity contribution in [3.05, 3.63) is 24.8 Å². The van der Waals surface area contributed by atoms with Gasteiger partial charge in [0.1, 0.15) is 14.4 Å². The normalized spacial score (nSPS) is 14.5. The van der Waals surface area contributed by atoms with Crippen molar-refractivity contribution in [1.29, 1.82) is 0 Å². The summed E-state index contributed by atoms with van der Waals surface area (Å²) in [6.45, 7) is 15.4. The Labute approximate surface area is 186 Å². The van der Waals surface area contributed by atoms with Gasteiger partial charge in [0.2, 0.25) is 0 Å². The van der Waals surface area contributed by atoms with Gasteiger partial charge in [-0.2, -0.15) is 13.2 Å². The highest BCUT2D eigenvalue weighted by Gasteiger charge is 2.38. The minimum atomic E-state index is -4.87. The molecule has 2 unspecified atom stereocenters. The van der Waals surface area contributed by atoms with Crippen molar-refractivity contribution in [2.24, 2.45) is 0 Å². The Hall–Kier alpha value is -0.990. The second kappa shape index (κ2) is 16.6. The van der Waals surface area contributed by atoms with Crippen LogP contribution in [0.25, 0.3) is 0 Å². The van der Waals surface area contributed by atoms with Crippen LogP contribution >= 0.6 is 8.30 Å². The zero-order valence-electron chi connectivity index (χ0n) is 19.3. The molecule has 0 aliphatic carbocycles. The maximum Gasteiger partial charge on any atom is 0.471 e. The molecule has 0 aromatic rings. The van der Waals surface area contributed by atoms with Crippen LogP contribution in [-0.2, 0) is 18.8 Å². The highest BCUT2D eigenvalue weighted by Crippen LogP contribution is 2.42. The molecule has 1 amide bonds. The van der Waals surface area contributed by atoms with Gasteiger partial charge in [0.25, 0.3) is 0 Å². The van der Waals surface area contributed by atoms with E-state index in [4.69, 9.17) is 14.0 Å². The fraction of sp³-hybridized carbons (Fsp3) is 0.762. The Balaban J connectivity index is 4.54. The standard InChI is InChI=1S/C21H38F3N2O4P/c1-7-8-9-10-13-28-15-19(30-31(6)26(17(2)3)18(4)5)16-29-14-11-12-25-20(27)21(22,23)24/h7-9,17-19H,1,10-16H2,2-6H3,(H,25,27)/b9-8+. The number of carbonyl (C=O) groups is 1. The summed E-state index contributed by atoms with van der Waals surface area (Å²) in [5.41, 5.74) is 0. The maximum atomic E-state index is 12.2. The van der Waals surface area contributed by atoms with Gasteiger partial charge in [0, 0.05) is 25.2 Å². The summed E-state index contributed by atoms with van der Waals surface area (Å²) in [6.07, 6.45) is 1.37. The van der Waals surface area contributed by atoms with Crippen molar-refractivity contribution >= 4 is 14.2 Å². The first-order chi connectivity index (χ1) is 14.5. The molecule has 0 saturated carbocycles. The third-order valence-electron chi connectivity index (χ3n) is 4.00. The number of carbonyl (C=O) groups excluding carboxylic acids is 1. The summed E-state index contributed by atoms with van der Waals surface area (Å²) in [7, 11) is -0.878. The minimum absolute atomic E-state index is 0.106. The molecule has 0 heterocycles. The van der Waals surface area contributed by atoms with Gasteiger partial charge in [-0.25, -0.2) is 0 Å². The van der Waals surface area contributed by atoms with Gasteiger partial charge < -0.3 is 19.3 Å². The molecule has 1 N–H and O–H groups in total. The molecular formula is C21H38F3N2O4P. The predicted molar refractivity (Wildman–Crippen MR) is 119 cm³/mol. The summed E-state index contributed by atoms with van der Waals surface area (Å²) >= 11 is 0. The average Bonchev–Trinajstić information content (AvgIpc) is 2.65. The molecule has 2 atom stereocenters. The maximum absolute atomic E-state index is 12.2. The monoisotopic (exact) mass is 470 g/mol. The molecule has 0 aromatic heterocycles. The largest absolute Gasteiger partial charge is 0.471 e. The van der Waals surface area contributed by atoms with Gasteiger partial charge in [0.05, 0.1) is 19.8 Å². The summed E-state index contributed by atoms with van der Waals surface area (Å²) in [6, 6.07) is 0.639. The molecule has 0 aliphatic heterocycles. The molecule has 10 heteroatoms. The SMILES string of the molecule is C=C/C=C/CCOCC(COCCCNC(=O)C(F)(F)F)OP(C)N(C(C)C)C(C)C. The fourth-order valence-electron chi connectivity index (χ4n) is 2.88. The van der Waals surface area contributed by atoms with E-state index in [1.807, 2.05) is 24.1 Å². The van der Waals surface area contributed by atoms with Gasteiger partial charge in [0.15, 0.2) is 0 Å². The summed E-state index contributed by atoms with van der Waals surface area (Å²) in [5, 5.41) is 1.82. The Morgan fingerprint density at radius 1 is 1.13 bits per heavy atom. The van der Waals surface area contributed by atoms with E-state index in [0.29, 0.717) is 25.3 Å². The van der Waals surface area contributed by atoms with E-state index in [1.54, 1.807) is 6.08 Å². The van der Waals surface area contributed by atoms with Crippen LogP contribution in [0.2, 0.25) is 0 Å². The number of amides is 1. The lowest BCUT2D eigenvalue weighted by Crippen LogP contribution is -2.37. The molecule has 31 heavy (non-hydrogen) atoms. The number of alkyl halides is 3. The van der Waals surface area contributed by atoms with Crippen LogP contribution in [0, 0.1) is 0 Å². The van der Waals surface area contributed by atoms with Crippen molar-refractivity contribution < 1.29 is 32.0 Å². The number of ether oxygens (including phenoxy) is 2. The first-order valence-electron chi connectivity index (χ1n) is 10.5. The second-order valence-corrected chi connectivity index (χ2v) is 9.07. The molecule has 0 radical (unpaired) electrons. The third-order valence-corrected chi connectivity index (χ3v) is 6.18. The highest BCUT2D eigenvalue weighted by atomic mass is 31.2. The van der Waals surface area contributed by atoms with Crippen LogP contribution in [-0.4, -0.2) is 74.6 Å². The number of nitrogens with one attached hydrogen (secondary N) is 1. The Morgan fingerprint density at radius 2 is 1.71 bits per heavy atom. The van der Waals surface area contributed by atoms with E-state index >= 15 is 0 Å². The molecule has 0 fully saturated rings. The third kappa shape index (κ3) is 14.6. The van der Waals surface area contributed by atoms with E-state index in [2.05, 4.69) is 38.9 Å². The lowest BCUT2D eigenvalue weighted by atomic mass is 10.3. The Morgan fingerprint density at radius 3 is 2.23 bits per heavy atom. The van der Waals surface area contributed by atoms with Crippen LogP contribution in [0.4, 0.5) is 13.2 Å². The van der Waals surface area contributed by atoms with Gasteiger partial charge in [-0.05, 0) is 47.2 Å². The van der Waals surface area contributed by atoms with Crippen LogP contribution in [0.3, 0.4) is 0 Å². The number of nitrogens with zero attached hydrogens (tertiary/aromatic N) is 1. The highest BCUT2D eigenvalue weighted by molar-refractivity contribution is 7.49. The van der Waals surface area contributed by atoms with Crippen LogP contribution in [0.1, 0.15) is 40.5 Å². The van der Waals surface area contributed by atoms with E-state index in [-0.39, 0.29) is 32.3 Å². The molecule has 6 nitrogen and oxygen atoms in total. The molecule has 0 saturated heterocycles. The number of halogens is 3. The zero-order valence-corrected chi connectivity index (χ0v) is 20.2. The van der Waals surface area contributed by atoms with E-state index < -0.39 is 20.4 Å². The Bertz CT molecular complexity index is 523. The van der Waals surface area contributed by atoms with E-state index in [9.17, 15) is 18.0 Å². The minimum Gasteiger partial charge on any atom is -0.379 e. The van der Waals surface area contributed by atoms with E-state index in [0.717, 1.165) is 6.42 Å². The fourth-order valence-corrected chi connectivity index (χ4v) is 4.84. The molecule has 182 valence electrons. The van der Waals surface area contributed by atoms with Crippen molar-refractivity contribution in [3.63, 3.8) is 0 Å². The lowest BCUT2D eigenvalue weighted by Gasteiger charge is -2.37. The number of allylic oxidation sites excluding steroid dienone is 2. The van der Waals surface area contributed by atoms with Gasteiger partial charge >= 0.3 is 12.1 Å². The van der Waals surface area contributed by atoms with Crippen LogP contribution < -0.4 is 5.32 Å². The van der Waals surface area contributed by atoms with Gasteiger partial charge in [-0.15, -0.1) is 0 Å². The second-order valence-electron chi connectivity index (χ2n) is 7.47. The van der Waals surface area contributed by atoms with Crippen molar-refractivity contribution in [3.8, 4) is 0 Å². The summed E-state index contributed by atoms with van der Waals surface area (Å²) in [4.78, 5) is 10.8. The first kappa shape index (κ1) is 30.0. The molecule has 0 spiro atoms. The van der Waals surface area contributed by atoms with Crippen LogP contribution in [0.15, 0.2) is 24.8 Å². The van der Waals surface area contributed by atoms with E-state index in [1.165, 1.54) is 0 Å². The number of rotatable bonds is 17. The molecule has 0 bridgehead atoms. The topological polar surface area (TPSA) is 60.0 Å². The number of hydrogen-bond donors (Lipinski definition) is 1. The Kier molecular flexibility index (Phi) is 16.1. The number of hydrogen-bond acceptors (Lipinski definition) is 5. The quantitative estimate of drug-likeness (QED) is 0.190. The van der Waals surface area contributed by atoms with Gasteiger partial charge in [-0.1, -0.05) is 24.8 Å². The van der Waals surface area contributed by atoms with Crippen molar-refractivity contribution in [2.75, 3.05) is 39.6 Å².